The molecule has 3 rings (SSSR count). The van der Waals surface area contributed by atoms with Gasteiger partial charge in [-0.2, -0.15) is 0 Å². The molecule has 0 bridgehead atoms. The van der Waals surface area contributed by atoms with Crippen LogP contribution in [0.25, 0.3) is 0 Å². The average Bonchev–Trinajstić information content (AvgIpc) is 2.74. The predicted octanol–water partition coefficient (Wildman–Crippen LogP) is 3.80. The summed E-state index contributed by atoms with van der Waals surface area (Å²) >= 11 is 0. The van der Waals surface area contributed by atoms with Crippen LogP contribution >= 0.6 is 0 Å². The number of hydrogen-bond donors (Lipinski definition) is 3. The van der Waals surface area contributed by atoms with Crippen LogP contribution in [0.3, 0.4) is 0 Å². The van der Waals surface area contributed by atoms with Crippen molar-refractivity contribution in [1.82, 2.24) is 10.9 Å². The van der Waals surface area contributed by atoms with E-state index >= 15 is 0 Å². The molecule has 6 nitrogen and oxygen atoms in total. The number of halogens is 1. The summed E-state index contributed by atoms with van der Waals surface area (Å²) in [5, 5.41) is 3.16. The third-order valence-electron chi connectivity index (χ3n) is 4.03. The molecule has 1 atom stereocenters. The normalized spacial score (nSPS) is 11.2. The van der Waals surface area contributed by atoms with Crippen molar-refractivity contribution in [1.29, 1.82) is 0 Å². The molecule has 0 aliphatic carbocycles. The summed E-state index contributed by atoms with van der Waals surface area (Å²) in [6.45, 7) is 1.46. The van der Waals surface area contributed by atoms with E-state index in [-0.39, 0.29) is 5.75 Å². The number of rotatable bonds is 6. The molecule has 1 unspecified atom stereocenters. The Hall–Kier alpha value is -3.87. The lowest BCUT2D eigenvalue weighted by Crippen LogP contribution is -2.47. The van der Waals surface area contributed by atoms with Gasteiger partial charge in [0.25, 0.3) is 11.8 Å². The van der Waals surface area contributed by atoms with E-state index in [1.165, 1.54) is 25.1 Å². The van der Waals surface area contributed by atoms with Gasteiger partial charge in [0.05, 0.1) is 11.3 Å². The SMILES string of the molecule is CC(Oc1ccccc1F)C(=O)NNC(=O)c1ccccc1Nc1ccccc1. The molecule has 3 aromatic carbocycles. The van der Waals surface area contributed by atoms with Crippen LogP contribution in [0.15, 0.2) is 78.9 Å². The van der Waals surface area contributed by atoms with Crippen LogP contribution in [0, 0.1) is 5.82 Å². The molecule has 0 aliphatic rings. The summed E-state index contributed by atoms with van der Waals surface area (Å²) < 4.78 is 18.9. The average molecular weight is 393 g/mol. The number of para-hydroxylation sites is 3. The number of hydrazine groups is 1. The van der Waals surface area contributed by atoms with Crippen molar-refractivity contribution < 1.29 is 18.7 Å². The predicted molar refractivity (Wildman–Crippen MR) is 108 cm³/mol. The highest BCUT2D eigenvalue weighted by atomic mass is 19.1. The van der Waals surface area contributed by atoms with Crippen LogP contribution in [0.4, 0.5) is 15.8 Å². The first-order valence-corrected chi connectivity index (χ1v) is 8.97. The maximum Gasteiger partial charge on any atom is 0.279 e. The molecule has 2 amide bonds. The molecule has 7 heteroatoms. The molecule has 0 spiro atoms. The Kier molecular flexibility index (Phi) is 6.42. The summed E-state index contributed by atoms with van der Waals surface area (Å²) in [6.07, 6.45) is -1.01. The van der Waals surface area contributed by atoms with Crippen molar-refractivity contribution in [3.8, 4) is 5.75 Å². The van der Waals surface area contributed by atoms with Gasteiger partial charge < -0.3 is 10.1 Å². The highest BCUT2D eigenvalue weighted by Gasteiger charge is 2.18. The summed E-state index contributed by atoms with van der Waals surface area (Å²) in [7, 11) is 0. The third-order valence-corrected chi connectivity index (χ3v) is 4.03. The molecule has 29 heavy (non-hydrogen) atoms. The van der Waals surface area contributed by atoms with Crippen LogP contribution in [0.5, 0.6) is 5.75 Å². The van der Waals surface area contributed by atoms with Gasteiger partial charge in [-0.05, 0) is 43.3 Å². The van der Waals surface area contributed by atoms with Crippen molar-refractivity contribution in [3.63, 3.8) is 0 Å². The van der Waals surface area contributed by atoms with E-state index in [4.69, 9.17) is 4.74 Å². The Labute approximate surface area is 167 Å². The van der Waals surface area contributed by atoms with Gasteiger partial charge >= 0.3 is 0 Å². The number of ether oxygens (including phenoxy) is 1. The highest BCUT2D eigenvalue weighted by molar-refractivity contribution is 6.01. The third kappa shape index (κ3) is 5.32. The first-order chi connectivity index (χ1) is 14.0. The molecule has 0 radical (unpaired) electrons. The molecular weight excluding hydrogens is 373 g/mol. The van der Waals surface area contributed by atoms with Crippen molar-refractivity contribution >= 4 is 23.2 Å². The van der Waals surface area contributed by atoms with E-state index in [0.717, 1.165) is 5.69 Å². The van der Waals surface area contributed by atoms with E-state index < -0.39 is 23.7 Å². The van der Waals surface area contributed by atoms with Crippen LogP contribution in [-0.4, -0.2) is 17.9 Å². The van der Waals surface area contributed by atoms with Crippen LogP contribution in [0.1, 0.15) is 17.3 Å². The number of anilines is 2. The number of nitrogens with one attached hydrogen (secondary N) is 3. The molecule has 3 N–H and O–H groups in total. The van der Waals surface area contributed by atoms with E-state index in [1.807, 2.05) is 30.3 Å². The van der Waals surface area contributed by atoms with Crippen LogP contribution < -0.4 is 20.9 Å². The summed E-state index contributed by atoms with van der Waals surface area (Å²) in [5.74, 6) is -1.73. The van der Waals surface area contributed by atoms with Gasteiger partial charge in [-0.15, -0.1) is 0 Å². The molecule has 0 saturated carbocycles. The van der Waals surface area contributed by atoms with Crippen LogP contribution in [-0.2, 0) is 4.79 Å². The Bertz CT molecular complexity index is 995. The van der Waals surface area contributed by atoms with Gasteiger partial charge in [0.15, 0.2) is 17.7 Å². The fraction of sp³-hybridized carbons (Fsp3) is 0.0909. The largest absolute Gasteiger partial charge is 0.478 e. The first kappa shape index (κ1) is 19.9. The molecule has 0 fully saturated rings. The van der Waals surface area contributed by atoms with Gasteiger partial charge in [-0.25, -0.2) is 4.39 Å². The molecule has 0 saturated heterocycles. The summed E-state index contributed by atoms with van der Waals surface area (Å²) in [6, 6.07) is 22.1. The summed E-state index contributed by atoms with van der Waals surface area (Å²) in [5.41, 5.74) is 6.41. The number of hydrogen-bond acceptors (Lipinski definition) is 4. The molecule has 148 valence electrons. The second kappa shape index (κ2) is 9.36. The van der Waals surface area contributed by atoms with Gasteiger partial charge in [0, 0.05) is 5.69 Å². The Morgan fingerprint density at radius 2 is 1.52 bits per heavy atom. The minimum absolute atomic E-state index is 0.0427. The Morgan fingerprint density at radius 1 is 0.862 bits per heavy atom. The van der Waals surface area contributed by atoms with Gasteiger partial charge in [-0.3, -0.25) is 20.4 Å². The topological polar surface area (TPSA) is 79.5 Å². The fourth-order valence-corrected chi connectivity index (χ4v) is 2.54. The number of carbonyl (C=O) groups excluding carboxylic acids is 2. The van der Waals surface area contributed by atoms with E-state index in [1.54, 1.807) is 30.3 Å². The Balaban J connectivity index is 1.60. The van der Waals surface area contributed by atoms with Crippen molar-refractivity contribution in [2.75, 3.05) is 5.32 Å². The zero-order valence-corrected chi connectivity index (χ0v) is 15.7. The quantitative estimate of drug-likeness (QED) is 0.557. The minimum Gasteiger partial charge on any atom is -0.478 e. The fourth-order valence-electron chi connectivity index (χ4n) is 2.54. The number of amides is 2. The highest BCUT2D eigenvalue weighted by Crippen LogP contribution is 2.20. The van der Waals surface area contributed by atoms with Crippen molar-refractivity contribution in [3.05, 3.63) is 90.2 Å². The lowest BCUT2D eigenvalue weighted by Gasteiger charge is -2.16. The standard InChI is InChI=1S/C22H20FN3O3/c1-15(29-20-14-8-6-12-18(20)23)21(27)25-26-22(28)17-11-5-7-13-19(17)24-16-9-3-2-4-10-16/h2-15,24H,1H3,(H,25,27)(H,26,28). The zero-order chi connectivity index (χ0) is 20.6. The Morgan fingerprint density at radius 3 is 2.28 bits per heavy atom. The molecular formula is C22H20FN3O3. The van der Waals surface area contributed by atoms with Gasteiger partial charge in [0.2, 0.25) is 0 Å². The van der Waals surface area contributed by atoms with Crippen molar-refractivity contribution in [2.24, 2.45) is 0 Å². The minimum atomic E-state index is -1.01. The molecule has 0 aliphatic heterocycles. The van der Waals surface area contributed by atoms with E-state index in [9.17, 15) is 14.0 Å². The second-order valence-electron chi connectivity index (χ2n) is 6.17. The molecule has 3 aromatic rings. The maximum absolute atomic E-state index is 13.6. The first-order valence-electron chi connectivity index (χ1n) is 8.97. The molecule has 0 heterocycles. The lowest BCUT2D eigenvalue weighted by molar-refractivity contribution is -0.128. The zero-order valence-electron chi connectivity index (χ0n) is 15.7. The van der Waals surface area contributed by atoms with Crippen molar-refractivity contribution in [2.45, 2.75) is 13.0 Å². The van der Waals surface area contributed by atoms with Gasteiger partial charge in [-0.1, -0.05) is 42.5 Å². The second-order valence-corrected chi connectivity index (χ2v) is 6.17. The molecule has 0 aromatic heterocycles. The van der Waals surface area contributed by atoms with Gasteiger partial charge in [0.1, 0.15) is 0 Å². The lowest BCUT2D eigenvalue weighted by atomic mass is 10.1. The van der Waals surface area contributed by atoms with Crippen LogP contribution in [0.2, 0.25) is 0 Å². The smallest absolute Gasteiger partial charge is 0.279 e. The monoisotopic (exact) mass is 393 g/mol. The van der Waals surface area contributed by atoms with E-state index in [0.29, 0.717) is 11.3 Å². The number of benzene rings is 3. The summed E-state index contributed by atoms with van der Waals surface area (Å²) in [4.78, 5) is 24.7. The maximum atomic E-state index is 13.6. The number of carbonyl (C=O) groups is 2. The van der Waals surface area contributed by atoms with E-state index in [2.05, 4.69) is 16.2 Å².